The van der Waals surface area contributed by atoms with Crippen LogP contribution in [0, 0.1) is 11.3 Å². The summed E-state index contributed by atoms with van der Waals surface area (Å²) in [6.45, 7) is 12.4. The molecule has 0 aromatic carbocycles. The molecule has 3 unspecified atom stereocenters. The molecule has 3 N–H and O–H groups in total. The van der Waals surface area contributed by atoms with Gasteiger partial charge in [-0.25, -0.2) is 4.79 Å². The third-order valence-corrected chi connectivity index (χ3v) is 5.56. The van der Waals surface area contributed by atoms with Crippen LogP contribution in [0.1, 0.15) is 60.8 Å². The van der Waals surface area contributed by atoms with Crippen LogP contribution >= 0.6 is 0 Å². The van der Waals surface area contributed by atoms with Gasteiger partial charge in [0.05, 0.1) is 11.6 Å². The fourth-order valence-corrected chi connectivity index (χ4v) is 4.34. The van der Waals surface area contributed by atoms with Crippen LogP contribution in [0.5, 0.6) is 0 Å². The van der Waals surface area contributed by atoms with Crippen molar-refractivity contribution in [2.24, 2.45) is 11.3 Å². The number of ether oxygens (including phenoxy) is 1. The molecule has 0 aliphatic heterocycles. The summed E-state index contributed by atoms with van der Waals surface area (Å²) in [4.78, 5) is 12.4. The number of fused-ring (bicyclic) bond motifs is 2. The van der Waals surface area contributed by atoms with Crippen LogP contribution in [0.4, 0.5) is 4.79 Å². The minimum atomic E-state index is -0.496. The van der Waals surface area contributed by atoms with E-state index in [0.717, 1.165) is 19.3 Å². The number of aliphatic hydroxyl groups excluding tert-OH is 1. The van der Waals surface area contributed by atoms with Gasteiger partial charge >= 0.3 is 6.09 Å². The smallest absolute Gasteiger partial charge is 0.408 e. The van der Waals surface area contributed by atoms with E-state index in [-0.39, 0.29) is 29.2 Å². The zero-order valence-electron chi connectivity index (χ0n) is 14.8. The quantitative estimate of drug-likeness (QED) is 0.745. The van der Waals surface area contributed by atoms with Crippen molar-refractivity contribution in [2.45, 2.75) is 84.1 Å². The van der Waals surface area contributed by atoms with Crippen molar-refractivity contribution < 1.29 is 14.6 Å². The molecule has 0 saturated heterocycles. The second-order valence-electron chi connectivity index (χ2n) is 8.60. The van der Waals surface area contributed by atoms with E-state index in [0.29, 0.717) is 12.5 Å². The molecule has 0 aromatic rings. The number of carbonyl (C=O) groups is 1. The molecule has 5 heteroatoms. The maximum atomic E-state index is 12.4. The van der Waals surface area contributed by atoms with Gasteiger partial charge in [-0.1, -0.05) is 13.8 Å². The predicted molar refractivity (Wildman–Crippen MR) is 86.7 cm³/mol. The highest BCUT2D eigenvalue weighted by Crippen LogP contribution is 2.60. The molecule has 0 spiro atoms. The van der Waals surface area contributed by atoms with Gasteiger partial charge in [-0.3, -0.25) is 0 Å². The number of hydrogen-bond acceptors (Lipinski definition) is 4. The van der Waals surface area contributed by atoms with Crippen molar-refractivity contribution in [1.29, 1.82) is 0 Å². The lowest BCUT2D eigenvalue weighted by molar-refractivity contribution is 0.0343. The Morgan fingerprint density at radius 3 is 2.55 bits per heavy atom. The maximum Gasteiger partial charge on any atom is 0.408 e. The number of aliphatic hydroxyl groups is 1. The summed E-state index contributed by atoms with van der Waals surface area (Å²) in [7, 11) is 0. The van der Waals surface area contributed by atoms with Crippen molar-refractivity contribution in [2.75, 3.05) is 6.54 Å². The first-order valence-corrected chi connectivity index (χ1v) is 8.40. The number of amides is 1. The van der Waals surface area contributed by atoms with Crippen molar-refractivity contribution in [1.82, 2.24) is 10.6 Å². The Labute approximate surface area is 134 Å². The lowest BCUT2D eigenvalue weighted by atomic mass is 9.74. The van der Waals surface area contributed by atoms with Crippen molar-refractivity contribution in [3.05, 3.63) is 0 Å². The van der Waals surface area contributed by atoms with Crippen LogP contribution < -0.4 is 10.6 Å². The monoisotopic (exact) mass is 312 g/mol. The highest BCUT2D eigenvalue weighted by atomic mass is 16.6. The van der Waals surface area contributed by atoms with Crippen LogP contribution in [-0.2, 0) is 4.74 Å². The second kappa shape index (κ2) is 5.68. The molecule has 0 aromatic heterocycles. The molecule has 1 amide bonds. The minimum absolute atomic E-state index is 0.0280. The van der Waals surface area contributed by atoms with Gasteiger partial charge in [-0.15, -0.1) is 0 Å². The van der Waals surface area contributed by atoms with E-state index in [2.05, 4.69) is 24.5 Å². The van der Waals surface area contributed by atoms with Crippen LogP contribution in [0.25, 0.3) is 0 Å². The normalized spacial score (nSPS) is 34.5. The molecule has 128 valence electrons. The fraction of sp³-hybridized carbons (Fsp3) is 0.941. The third-order valence-electron chi connectivity index (χ3n) is 5.56. The van der Waals surface area contributed by atoms with Crippen molar-refractivity contribution in [3.63, 3.8) is 0 Å². The first-order chi connectivity index (χ1) is 9.98. The van der Waals surface area contributed by atoms with E-state index in [1.807, 2.05) is 20.8 Å². The van der Waals surface area contributed by atoms with Gasteiger partial charge < -0.3 is 20.5 Å². The molecule has 2 fully saturated rings. The summed E-state index contributed by atoms with van der Waals surface area (Å²) in [5.74, 6) is 0.592. The Morgan fingerprint density at radius 1 is 1.41 bits per heavy atom. The average molecular weight is 312 g/mol. The molecular formula is C17H32N2O3. The van der Waals surface area contributed by atoms with Crippen LogP contribution in [0.3, 0.4) is 0 Å². The first-order valence-electron chi connectivity index (χ1n) is 8.40. The molecule has 2 saturated carbocycles. The standard InChI is InChI=1S/C17H32N2O3/c1-11(20)10-18-13-9-12-7-8-17(13,16(12,5)6)19-14(21)22-15(2,3)4/h11-13,18,20H,7-10H2,1-6H3,(H,19,21)/t11-,12?,13?,17?/m0/s1. The topological polar surface area (TPSA) is 70.6 Å². The molecular weight excluding hydrogens is 280 g/mol. The number of nitrogens with one attached hydrogen (secondary N) is 2. The Morgan fingerprint density at radius 2 is 2.05 bits per heavy atom. The van der Waals surface area contributed by atoms with E-state index in [1.165, 1.54) is 0 Å². The highest BCUT2D eigenvalue weighted by Gasteiger charge is 2.65. The Hall–Kier alpha value is -0.810. The maximum absolute atomic E-state index is 12.4. The van der Waals surface area contributed by atoms with Gasteiger partial charge in [0, 0.05) is 12.6 Å². The third kappa shape index (κ3) is 3.11. The number of hydrogen-bond donors (Lipinski definition) is 3. The first kappa shape index (κ1) is 17.5. The van der Waals surface area contributed by atoms with Gasteiger partial charge in [-0.2, -0.15) is 0 Å². The number of rotatable bonds is 4. The summed E-state index contributed by atoms with van der Waals surface area (Å²) in [5, 5.41) is 16.2. The molecule has 4 atom stereocenters. The molecule has 2 aliphatic rings. The summed E-state index contributed by atoms with van der Waals surface area (Å²) in [6, 6.07) is 0.184. The zero-order valence-corrected chi connectivity index (χ0v) is 14.8. The van der Waals surface area contributed by atoms with E-state index in [9.17, 15) is 9.90 Å². The molecule has 2 aliphatic carbocycles. The van der Waals surface area contributed by atoms with E-state index < -0.39 is 5.60 Å². The van der Waals surface area contributed by atoms with Crippen LogP contribution in [0.15, 0.2) is 0 Å². The molecule has 0 heterocycles. The molecule has 22 heavy (non-hydrogen) atoms. The van der Waals surface area contributed by atoms with E-state index in [4.69, 9.17) is 4.74 Å². The van der Waals surface area contributed by atoms with Gasteiger partial charge in [0.1, 0.15) is 5.60 Å². The van der Waals surface area contributed by atoms with Gasteiger partial charge in [0.25, 0.3) is 0 Å². The lowest BCUT2D eigenvalue weighted by Crippen LogP contribution is -2.64. The summed E-state index contributed by atoms with van der Waals surface area (Å²) >= 11 is 0. The second-order valence-corrected chi connectivity index (χ2v) is 8.60. The summed E-state index contributed by atoms with van der Waals surface area (Å²) < 4.78 is 5.49. The Bertz CT molecular complexity index is 428. The Kier molecular flexibility index (Phi) is 4.53. The lowest BCUT2D eigenvalue weighted by Gasteiger charge is -2.43. The fourth-order valence-electron chi connectivity index (χ4n) is 4.34. The van der Waals surface area contributed by atoms with Gasteiger partial charge in [-0.05, 0) is 58.3 Å². The number of carbonyl (C=O) groups excluding carboxylic acids is 1. The van der Waals surface area contributed by atoms with Crippen molar-refractivity contribution in [3.8, 4) is 0 Å². The average Bonchev–Trinajstić information content (AvgIpc) is 2.67. The van der Waals surface area contributed by atoms with Gasteiger partial charge in [0.2, 0.25) is 0 Å². The molecule has 2 rings (SSSR count). The van der Waals surface area contributed by atoms with Crippen LogP contribution in [0.2, 0.25) is 0 Å². The number of alkyl carbamates (subject to hydrolysis) is 1. The molecule has 5 nitrogen and oxygen atoms in total. The van der Waals surface area contributed by atoms with Crippen LogP contribution in [-0.4, -0.2) is 41.0 Å². The van der Waals surface area contributed by atoms with E-state index in [1.54, 1.807) is 6.92 Å². The predicted octanol–water partition coefficient (Wildman–Crippen LogP) is 2.43. The molecule has 0 radical (unpaired) electrons. The van der Waals surface area contributed by atoms with Gasteiger partial charge in [0.15, 0.2) is 0 Å². The summed E-state index contributed by atoms with van der Waals surface area (Å²) in [5.41, 5.74) is -0.765. The SMILES string of the molecule is C[C@H](O)CNC1CC2CCC1(NC(=O)OC(C)(C)C)C2(C)C. The summed E-state index contributed by atoms with van der Waals surface area (Å²) in [6.07, 6.45) is 2.40. The largest absolute Gasteiger partial charge is 0.444 e. The Balaban J connectivity index is 2.15. The molecule has 2 bridgehead atoms. The minimum Gasteiger partial charge on any atom is -0.444 e. The van der Waals surface area contributed by atoms with E-state index >= 15 is 0 Å². The highest BCUT2D eigenvalue weighted by molar-refractivity contribution is 5.69. The van der Waals surface area contributed by atoms with Crippen molar-refractivity contribution >= 4 is 6.09 Å². The zero-order chi connectivity index (χ0) is 16.8.